The third-order valence-electron chi connectivity index (χ3n) is 4.28. The van der Waals surface area contributed by atoms with Crippen LogP contribution in [0.5, 0.6) is 0 Å². The maximum absolute atomic E-state index is 12.2. The highest BCUT2D eigenvalue weighted by atomic mass is 79.9. The van der Waals surface area contributed by atoms with Gasteiger partial charge in [-0.2, -0.15) is 13.5 Å². The Balaban J connectivity index is 1.61. The number of rotatable bonds is 4. The minimum absolute atomic E-state index is 0.216. The lowest BCUT2D eigenvalue weighted by Gasteiger charge is -2.23. The zero-order valence-corrected chi connectivity index (χ0v) is 15.6. The van der Waals surface area contributed by atoms with E-state index in [9.17, 15) is 8.42 Å². The SMILES string of the molecule is O=S(=O)(NN=C1CCC(c2ccccc2)CC1)c1ccc(Br)cc1. The fourth-order valence-electron chi connectivity index (χ4n) is 2.91. The number of nitrogens with zero attached hydrogens (tertiary/aromatic N) is 1. The molecule has 1 aliphatic rings. The minimum atomic E-state index is -3.60. The molecule has 0 atom stereocenters. The Labute approximate surface area is 151 Å². The molecule has 0 unspecified atom stereocenters. The van der Waals surface area contributed by atoms with Crippen LogP contribution in [0.15, 0.2) is 69.1 Å². The second-order valence-corrected chi connectivity index (χ2v) is 8.49. The topological polar surface area (TPSA) is 58.5 Å². The molecular formula is C18H19BrN2O2S. The Morgan fingerprint density at radius 3 is 2.21 bits per heavy atom. The fourth-order valence-corrected chi connectivity index (χ4v) is 4.03. The van der Waals surface area contributed by atoms with Gasteiger partial charge in [0.05, 0.1) is 4.90 Å². The second kappa shape index (κ2) is 7.49. The Hall–Kier alpha value is -1.66. The third-order valence-corrected chi connectivity index (χ3v) is 6.03. The van der Waals surface area contributed by atoms with Gasteiger partial charge in [-0.1, -0.05) is 46.3 Å². The number of hydrogen-bond donors (Lipinski definition) is 1. The van der Waals surface area contributed by atoms with E-state index in [1.807, 2.05) is 6.07 Å². The van der Waals surface area contributed by atoms with E-state index < -0.39 is 10.0 Å². The van der Waals surface area contributed by atoms with Crippen molar-refractivity contribution in [3.8, 4) is 0 Å². The van der Waals surface area contributed by atoms with E-state index in [1.165, 1.54) is 5.56 Å². The van der Waals surface area contributed by atoms with Gasteiger partial charge in [0.2, 0.25) is 0 Å². The number of hydrazone groups is 1. The van der Waals surface area contributed by atoms with Crippen LogP contribution in [0, 0.1) is 0 Å². The van der Waals surface area contributed by atoms with Crippen LogP contribution in [0.1, 0.15) is 37.2 Å². The van der Waals surface area contributed by atoms with Crippen molar-refractivity contribution in [2.24, 2.45) is 5.10 Å². The molecule has 2 aromatic carbocycles. The molecule has 0 spiro atoms. The molecule has 0 aliphatic heterocycles. The summed E-state index contributed by atoms with van der Waals surface area (Å²) < 4.78 is 25.3. The third kappa shape index (κ3) is 4.24. The first kappa shape index (κ1) is 17.2. The summed E-state index contributed by atoms with van der Waals surface area (Å²) in [5.74, 6) is 0.535. The smallest absolute Gasteiger partial charge is 0.200 e. The summed E-state index contributed by atoms with van der Waals surface area (Å²) in [6, 6.07) is 17.0. The molecule has 1 aliphatic carbocycles. The number of sulfonamides is 1. The van der Waals surface area contributed by atoms with Gasteiger partial charge in [0.15, 0.2) is 0 Å². The van der Waals surface area contributed by atoms with Crippen molar-refractivity contribution in [1.29, 1.82) is 0 Å². The Morgan fingerprint density at radius 2 is 1.58 bits per heavy atom. The van der Waals surface area contributed by atoms with Gasteiger partial charge in [0.25, 0.3) is 10.0 Å². The molecule has 2 aromatic rings. The van der Waals surface area contributed by atoms with Crippen molar-refractivity contribution >= 4 is 31.7 Å². The lowest BCUT2D eigenvalue weighted by atomic mass is 9.83. The summed E-state index contributed by atoms with van der Waals surface area (Å²) in [6.45, 7) is 0. The van der Waals surface area contributed by atoms with Crippen molar-refractivity contribution in [3.63, 3.8) is 0 Å². The van der Waals surface area contributed by atoms with Crippen LogP contribution < -0.4 is 4.83 Å². The first-order valence-corrected chi connectivity index (χ1v) is 10.2. The van der Waals surface area contributed by atoms with Crippen molar-refractivity contribution in [1.82, 2.24) is 4.83 Å². The van der Waals surface area contributed by atoms with Crippen molar-refractivity contribution in [2.75, 3.05) is 0 Å². The average molecular weight is 407 g/mol. The Bertz CT molecular complexity index is 808. The highest BCUT2D eigenvalue weighted by Gasteiger charge is 2.20. The molecule has 126 valence electrons. The highest BCUT2D eigenvalue weighted by Crippen LogP contribution is 2.31. The van der Waals surface area contributed by atoms with E-state index in [1.54, 1.807) is 24.3 Å². The molecule has 1 N–H and O–H groups in total. The van der Waals surface area contributed by atoms with Gasteiger partial charge in [0, 0.05) is 10.2 Å². The van der Waals surface area contributed by atoms with Crippen LogP contribution >= 0.6 is 15.9 Å². The molecule has 0 bridgehead atoms. The predicted octanol–water partition coefficient (Wildman–Crippen LogP) is 4.44. The lowest BCUT2D eigenvalue weighted by Crippen LogP contribution is -2.22. The molecule has 4 nitrogen and oxygen atoms in total. The highest BCUT2D eigenvalue weighted by molar-refractivity contribution is 9.10. The van der Waals surface area contributed by atoms with E-state index in [4.69, 9.17) is 0 Å². The van der Waals surface area contributed by atoms with E-state index in [0.717, 1.165) is 35.9 Å². The summed E-state index contributed by atoms with van der Waals surface area (Å²) in [5, 5.41) is 4.15. The van der Waals surface area contributed by atoms with Crippen LogP contribution in [0.3, 0.4) is 0 Å². The Morgan fingerprint density at radius 1 is 0.958 bits per heavy atom. The van der Waals surface area contributed by atoms with Gasteiger partial charge in [-0.3, -0.25) is 0 Å². The van der Waals surface area contributed by atoms with Crippen LogP contribution in [-0.4, -0.2) is 14.1 Å². The maximum Gasteiger partial charge on any atom is 0.276 e. The fraction of sp³-hybridized carbons (Fsp3) is 0.278. The summed E-state index contributed by atoms with van der Waals surface area (Å²) in [4.78, 5) is 2.58. The normalized spacial score (nSPS) is 18.2. The molecule has 24 heavy (non-hydrogen) atoms. The van der Waals surface area contributed by atoms with Crippen molar-refractivity contribution in [2.45, 2.75) is 36.5 Å². The largest absolute Gasteiger partial charge is 0.276 e. The molecule has 0 amide bonds. The first-order chi connectivity index (χ1) is 11.5. The van der Waals surface area contributed by atoms with Crippen molar-refractivity contribution < 1.29 is 8.42 Å². The number of hydrogen-bond acceptors (Lipinski definition) is 3. The maximum atomic E-state index is 12.2. The number of nitrogens with one attached hydrogen (secondary N) is 1. The molecule has 6 heteroatoms. The molecular weight excluding hydrogens is 388 g/mol. The van der Waals surface area contributed by atoms with E-state index >= 15 is 0 Å². The quantitative estimate of drug-likeness (QED) is 0.762. The molecule has 0 saturated heterocycles. The number of benzene rings is 2. The molecule has 0 aromatic heterocycles. The van der Waals surface area contributed by atoms with Gasteiger partial charge in [0.1, 0.15) is 0 Å². The van der Waals surface area contributed by atoms with E-state index in [0.29, 0.717) is 5.92 Å². The molecule has 0 heterocycles. The lowest BCUT2D eigenvalue weighted by molar-refractivity contribution is 0.560. The van der Waals surface area contributed by atoms with Crippen LogP contribution in [0.4, 0.5) is 0 Å². The van der Waals surface area contributed by atoms with Crippen LogP contribution in [-0.2, 0) is 10.0 Å². The summed E-state index contributed by atoms with van der Waals surface area (Å²) >= 11 is 3.30. The van der Waals surface area contributed by atoms with Gasteiger partial charge in [-0.25, -0.2) is 4.83 Å². The van der Waals surface area contributed by atoms with Crippen LogP contribution in [0.25, 0.3) is 0 Å². The van der Waals surface area contributed by atoms with Gasteiger partial charge in [-0.15, -0.1) is 0 Å². The molecule has 1 fully saturated rings. The molecule has 1 saturated carbocycles. The molecule has 3 rings (SSSR count). The summed E-state index contributed by atoms with van der Waals surface area (Å²) in [5.41, 5.74) is 2.27. The average Bonchev–Trinajstić information content (AvgIpc) is 2.62. The zero-order chi connectivity index (χ0) is 17.0. The molecule has 0 radical (unpaired) electrons. The van der Waals surface area contributed by atoms with Crippen LogP contribution in [0.2, 0.25) is 0 Å². The predicted molar refractivity (Wildman–Crippen MR) is 99.5 cm³/mol. The Kier molecular flexibility index (Phi) is 5.36. The summed E-state index contributed by atoms with van der Waals surface area (Å²) in [7, 11) is -3.60. The van der Waals surface area contributed by atoms with Gasteiger partial charge < -0.3 is 0 Å². The van der Waals surface area contributed by atoms with Gasteiger partial charge in [-0.05, 0) is 61.4 Å². The monoisotopic (exact) mass is 406 g/mol. The van der Waals surface area contributed by atoms with Gasteiger partial charge >= 0.3 is 0 Å². The zero-order valence-electron chi connectivity index (χ0n) is 13.2. The number of halogens is 1. The standard InChI is InChI=1S/C18H19BrN2O2S/c19-16-8-12-18(13-9-16)24(22,23)21-20-17-10-6-15(7-11-17)14-4-2-1-3-5-14/h1-5,8-9,12-13,15,21H,6-7,10-11H2. The van der Waals surface area contributed by atoms with E-state index in [2.05, 4.69) is 50.1 Å². The van der Waals surface area contributed by atoms with Crippen molar-refractivity contribution in [3.05, 3.63) is 64.6 Å². The van der Waals surface area contributed by atoms with E-state index in [-0.39, 0.29) is 4.90 Å². The summed E-state index contributed by atoms with van der Waals surface area (Å²) in [6.07, 6.45) is 3.65. The first-order valence-electron chi connectivity index (χ1n) is 7.92. The minimum Gasteiger partial charge on any atom is -0.200 e. The second-order valence-electron chi connectivity index (χ2n) is 5.91.